The molecule has 0 bridgehead atoms. The maximum absolute atomic E-state index is 9.00. The molecule has 1 heterocycles. The Hall–Kier alpha value is -1.39. The Bertz CT molecular complexity index is 383. The number of hydrogen-bond donors (Lipinski definition) is 2. The van der Waals surface area contributed by atoms with E-state index in [1.54, 1.807) is 10.9 Å². The maximum Gasteiger partial charge on any atom is 0.0538 e. The van der Waals surface area contributed by atoms with Crippen molar-refractivity contribution < 1.29 is 5.11 Å². The van der Waals surface area contributed by atoms with E-state index in [2.05, 4.69) is 29.1 Å². The topological polar surface area (TPSA) is 50.1 Å². The Balaban J connectivity index is 1.80. The van der Waals surface area contributed by atoms with Gasteiger partial charge in [-0.25, -0.2) is 4.68 Å². The highest BCUT2D eigenvalue weighted by Gasteiger charge is 2.17. The van der Waals surface area contributed by atoms with Gasteiger partial charge in [0.1, 0.15) is 0 Å². The highest BCUT2D eigenvalue weighted by Crippen LogP contribution is 2.17. The molecule has 0 aromatic carbocycles. The summed E-state index contributed by atoms with van der Waals surface area (Å²) >= 11 is 0. The van der Waals surface area contributed by atoms with Crippen molar-refractivity contribution in [2.24, 2.45) is 5.92 Å². The predicted molar refractivity (Wildman–Crippen MR) is 63.6 cm³/mol. The van der Waals surface area contributed by atoms with Crippen LogP contribution in [0.4, 0.5) is 0 Å². The van der Waals surface area contributed by atoms with Crippen molar-refractivity contribution in [1.82, 2.24) is 15.1 Å². The molecule has 0 saturated carbocycles. The van der Waals surface area contributed by atoms with Gasteiger partial charge in [-0.3, -0.25) is 0 Å². The second-order valence-electron chi connectivity index (χ2n) is 4.06. The molecule has 0 aliphatic heterocycles. The molecule has 2 N–H and O–H groups in total. The van der Waals surface area contributed by atoms with E-state index in [1.165, 1.54) is 0 Å². The summed E-state index contributed by atoms with van der Waals surface area (Å²) in [6.07, 6.45) is 10.6. The van der Waals surface area contributed by atoms with E-state index in [9.17, 15) is 0 Å². The Morgan fingerprint density at radius 1 is 1.62 bits per heavy atom. The van der Waals surface area contributed by atoms with E-state index >= 15 is 0 Å². The standard InChI is InChI=1S/C12H17N3O/c1-2-15-8-11(7-14-15)6-13-12-4-3-10(5-12)9-16/h2-4,7-8,10,12-13,16H,1,5-6,9H2/t10-,12+/m0/s1. The summed E-state index contributed by atoms with van der Waals surface area (Å²) in [6, 6.07) is 0.365. The molecule has 1 aliphatic rings. The minimum absolute atomic E-state index is 0.239. The largest absolute Gasteiger partial charge is 0.396 e. The predicted octanol–water partition coefficient (Wildman–Crippen LogP) is 1.01. The normalized spacial score (nSPS) is 23.8. The van der Waals surface area contributed by atoms with E-state index in [0.717, 1.165) is 18.5 Å². The number of nitrogens with one attached hydrogen (secondary N) is 1. The molecule has 0 radical (unpaired) electrons. The molecule has 0 unspecified atom stereocenters. The molecule has 1 aromatic rings. The Morgan fingerprint density at radius 3 is 3.12 bits per heavy atom. The van der Waals surface area contributed by atoms with Crippen molar-refractivity contribution in [3.63, 3.8) is 0 Å². The number of hydrogen-bond acceptors (Lipinski definition) is 3. The van der Waals surface area contributed by atoms with E-state index < -0.39 is 0 Å². The van der Waals surface area contributed by atoms with Crippen LogP contribution in [-0.4, -0.2) is 27.5 Å². The molecular weight excluding hydrogens is 202 g/mol. The molecule has 1 aliphatic carbocycles. The number of nitrogens with zero attached hydrogens (tertiary/aromatic N) is 2. The van der Waals surface area contributed by atoms with Gasteiger partial charge in [0.15, 0.2) is 0 Å². The highest BCUT2D eigenvalue weighted by atomic mass is 16.3. The van der Waals surface area contributed by atoms with Gasteiger partial charge in [0.25, 0.3) is 0 Å². The highest BCUT2D eigenvalue weighted by molar-refractivity contribution is 5.18. The van der Waals surface area contributed by atoms with Crippen LogP contribution in [0.15, 0.2) is 31.1 Å². The van der Waals surface area contributed by atoms with Crippen LogP contribution in [-0.2, 0) is 6.54 Å². The Labute approximate surface area is 95.3 Å². The first-order valence-electron chi connectivity index (χ1n) is 5.50. The Kier molecular flexibility index (Phi) is 3.54. The van der Waals surface area contributed by atoms with Crippen LogP contribution in [0, 0.1) is 5.92 Å². The molecule has 2 atom stereocenters. The van der Waals surface area contributed by atoms with Gasteiger partial charge in [-0.05, 0) is 6.42 Å². The number of rotatable bonds is 5. The van der Waals surface area contributed by atoms with Crippen molar-refractivity contribution >= 4 is 6.20 Å². The summed E-state index contributed by atoms with van der Waals surface area (Å²) in [5.74, 6) is 0.313. The first kappa shape index (κ1) is 11.1. The summed E-state index contributed by atoms with van der Waals surface area (Å²) in [7, 11) is 0. The van der Waals surface area contributed by atoms with Crippen molar-refractivity contribution in [3.05, 3.63) is 36.7 Å². The lowest BCUT2D eigenvalue weighted by Crippen LogP contribution is -2.25. The Morgan fingerprint density at radius 2 is 2.50 bits per heavy atom. The lowest BCUT2D eigenvalue weighted by atomic mass is 10.1. The van der Waals surface area contributed by atoms with Gasteiger partial charge < -0.3 is 10.4 Å². The zero-order valence-electron chi connectivity index (χ0n) is 9.21. The fourth-order valence-corrected chi connectivity index (χ4v) is 1.88. The van der Waals surface area contributed by atoms with E-state index in [1.807, 2.05) is 12.4 Å². The SMILES string of the molecule is C=Cn1cc(CN[C@@H]2C=C[C@H](CO)C2)cn1. The van der Waals surface area contributed by atoms with Crippen LogP contribution >= 0.6 is 0 Å². The second-order valence-corrected chi connectivity index (χ2v) is 4.06. The van der Waals surface area contributed by atoms with Gasteiger partial charge in [-0.2, -0.15) is 5.10 Å². The van der Waals surface area contributed by atoms with Gasteiger partial charge in [0.2, 0.25) is 0 Å². The molecule has 0 fully saturated rings. The molecule has 4 nitrogen and oxygen atoms in total. The van der Waals surface area contributed by atoms with Gasteiger partial charge in [0, 0.05) is 43.1 Å². The van der Waals surface area contributed by atoms with Crippen LogP contribution in [0.25, 0.3) is 6.20 Å². The van der Waals surface area contributed by atoms with Gasteiger partial charge in [-0.1, -0.05) is 18.7 Å². The van der Waals surface area contributed by atoms with E-state index in [0.29, 0.717) is 12.0 Å². The zero-order valence-corrected chi connectivity index (χ0v) is 9.21. The van der Waals surface area contributed by atoms with E-state index in [4.69, 9.17) is 5.11 Å². The molecule has 0 saturated heterocycles. The first-order valence-corrected chi connectivity index (χ1v) is 5.50. The van der Waals surface area contributed by atoms with Crippen molar-refractivity contribution in [2.45, 2.75) is 19.0 Å². The summed E-state index contributed by atoms with van der Waals surface area (Å²) in [6.45, 7) is 4.68. The molecule has 0 amide bonds. The summed E-state index contributed by atoms with van der Waals surface area (Å²) < 4.78 is 1.69. The van der Waals surface area contributed by atoms with Crippen LogP contribution in [0.3, 0.4) is 0 Å². The lowest BCUT2D eigenvalue weighted by molar-refractivity contribution is 0.246. The van der Waals surface area contributed by atoms with Crippen molar-refractivity contribution in [1.29, 1.82) is 0 Å². The minimum atomic E-state index is 0.239. The third-order valence-corrected chi connectivity index (χ3v) is 2.82. The maximum atomic E-state index is 9.00. The quantitative estimate of drug-likeness (QED) is 0.727. The van der Waals surface area contributed by atoms with Crippen molar-refractivity contribution in [2.75, 3.05) is 6.61 Å². The fraction of sp³-hybridized carbons (Fsp3) is 0.417. The summed E-state index contributed by atoms with van der Waals surface area (Å²) in [5, 5.41) is 16.5. The lowest BCUT2D eigenvalue weighted by Gasteiger charge is -2.11. The molecule has 0 spiro atoms. The summed E-state index contributed by atoms with van der Waals surface area (Å²) in [5.41, 5.74) is 1.14. The average molecular weight is 219 g/mol. The van der Waals surface area contributed by atoms with Crippen LogP contribution in [0.5, 0.6) is 0 Å². The smallest absolute Gasteiger partial charge is 0.0538 e. The molecule has 86 valence electrons. The molecule has 4 heteroatoms. The number of aliphatic hydroxyl groups excluding tert-OH is 1. The van der Waals surface area contributed by atoms with Crippen LogP contribution < -0.4 is 5.32 Å². The van der Waals surface area contributed by atoms with Crippen molar-refractivity contribution in [3.8, 4) is 0 Å². The molecule has 16 heavy (non-hydrogen) atoms. The van der Waals surface area contributed by atoms with E-state index in [-0.39, 0.29) is 6.61 Å². The second kappa shape index (κ2) is 5.09. The molecule has 2 rings (SSSR count). The van der Waals surface area contributed by atoms with Crippen LogP contribution in [0.1, 0.15) is 12.0 Å². The number of aliphatic hydroxyl groups is 1. The monoisotopic (exact) mass is 219 g/mol. The molecule has 1 aromatic heterocycles. The first-order chi connectivity index (χ1) is 7.81. The minimum Gasteiger partial charge on any atom is -0.396 e. The molecular formula is C12H17N3O. The third-order valence-electron chi connectivity index (χ3n) is 2.82. The zero-order chi connectivity index (χ0) is 11.4. The van der Waals surface area contributed by atoms with Gasteiger partial charge in [0.05, 0.1) is 6.20 Å². The fourth-order valence-electron chi connectivity index (χ4n) is 1.88. The van der Waals surface area contributed by atoms with Gasteiger partial charge in [-0.15, -0.1) is 0 Å². The van der Waals surface area contributed by atoms with Gasteiger partial charge >= 0.3 is 0 Å². The number of aromatic nitrogens is 2. The average Bonchev–Trinajstić information content (AvgIpc) is 2.95. The third kappa shape index (κ3) is 2.59. The van der Waals surface area contributed by atoms with Crippen LogP contribution in [0.2, 0.25) is 0 Å². The summed E-state index contributed by atoms with van der Waals surface area (Å²) in [4.78, 5) is 0.